The molecular formula is C28H23FN2O3. The van der Waals surface area contributed by atoms with Crippen LogP contribution in [0.2, 0.25) is 0 Å². The molecule has 0 saturated heterocycles. The van der Waals surface area contributed by atoms with Gasteiger partial charge < -0.3 is 14.2 Å². The molecule has 34 heavy (non-hydrogen) atoms. The normalized spacial score (nSPS) is 13.1. The van der Waals surface area contributed by atoms with Crippen molar-refractivity contribution in [1.82, 2.24) is 10.1 Å². The van der Waals surface area contributed by atoms with E-state index in [1.54, 1.807) is 29.2 Å². The van der Waals surface area contributed by atoms with E-state index in [0.717, 1.165) is 33.7 Å². The number of hydrogen-bond acceptors (Lipinski definition) is 4. The van der Waals surface area contributed by atoms with Gasteiger partial charge in [-0.25, -0.2) is 4.39 Å². The molecule has 6 heteroatoms. The number of amides is 1. The summed E-state index contributed by atoms with van der Waals surface area (Å²) < 4.78 is 24.6. The van der Waals surface area contributed by atoms with Crippen molar-refractivity contribution in [1.29, 1.82) is 0 Å². The van der Waals surface area contributed by atoms with E-state index in [9.17, 15) is 9.18 Å². The summed E-state index contributed by atoms with van der Waals surface area (Å²) in [4.78, 5) is 14.6. The smallest absolute Gasteiger partial charge is 0.246 e. The molecule has 0 radical (unpaired) electrons. The van der Waals surface area contributed by atoms with Gasteiger partial charge in [-0.1, -0.05) is 47.6 Å². The number of fused-ring (bicyclic) bond motifs is 1. The van der Waals surface area contributed by atoms with E-state index in [0.29, 0.717) is 31.9 Å². The largest absolute Gasteiger partial charge is 0.489 e. The number of benzene rings is 3. The Balaban J connectivity index is 1.21. The Kier molecular flexibility index (Phi) is 6.21. The molecule has 2 heterocycles. The predicted molar refractivity (Wildman–Crippen MR) is 127 cm³/mol. The average Bonchev–Trinajstić information content (AvgIpc) is 3.31. The quantitative estimate of drug-likeness (QED) is 0.353. The van der Waals surface area contributed by atoms with Gasteiger partial charge in [0.15, 0.2) is 5.76 Å². The first-order valence-electron chi connectivity index (χ1n) is 11.1. The van der Waals surface area contributed by atoms with Gasteiger partial charge in [0.25, 0.3) is 0 Å². The van der Waals surface area contributed by atoms with E-state index < -0.39 is 0 Å². The molecule has 1 aliphatic heterocycles. The Labute approximate surface area is 197 Å². The zero-order chi connectivity index (χ0) is 23.3. The summed E-state index contributed by atoms with van der Waals surface area (Å²) in [6.45, 7) is 1.48. The van der Waals surface area contributed by atoms with E-state index in [2.05, 4.69) is 5.16 Å². The van der Waals surface area contributed by atoms with E-state index >= 15 is 0 Å². The van der Waals surface area contributed by atoms with Crippen molar-refractivity contribution >= 4 is 12.0 Å². The van der Waals surface area contributed by atoms with Gasteiger partial charge in [0.2, 0.25) is 5.91 Å². The van der Waals surface area contributed by atoms with Crippen LogP contribution >= 0.6 is 0 Å². The third-order valence-corrected chi connectivity index (χ3v) is 5.80. The fraction of sp³-hybridized carbons (Fsp3) is 0.143. The summed E-state index contributed by atoms with van der Waals surface area (Å²) in [6, 6.07) is 23.7. The van der Waals surface area contributed by atoms with Gasteiger partial charge in [-0.2, -0.15) is 0 Å². The molecule has 0 unspecified atom stereocenters. The van der Waals surface area contributed by atoms with Crippen molar-refractivity contribution in [2.75, 3.05) is 6.54 Å². The van der Waals surface area contributed by atoms with Gasteiger partial charge in [-0.05, 0) is 53.6 Å². The second-order valence-electron chi connectivity index (χ2n) is 8.13. The molecule has 0 spiro atoms. The minimum absolute atomic E-state index is 0.0821. The third-order valence-electron chi connectivity index (χ3n) is 5.80. The zero-order valence-electron chi connectivity index (χ0n) is 18.5. The van der Waals surface area contributed by atoms with Crippen LogP contribution in [0.25, 0.3) is 17.4 Å². The molecule has 0 bridgehead atoms. The zero-order valence-corrected chi connectivity index (χ0v) is 18.5. The van der Waals surface area contributed by atoms with Crippen molar-refractivity contribution in [2.24, 2.45) is 0 Å². The maximum Gasteiger partial charge on any atom is 0.246 e. The lowest BCUT2D eigenvalue weighted by Gasteiger charge is -2.25. The van der Waals surface area contributed by atoms with Crippen molar-refractivity contribution in [3.8, 4) is 17.1 Å². The average molecular weight is 455 g/mol. The first-order chi connectivity index (χ1) is 16.7. The standard InChI is InChI=1S/C28H23FN2O3/c29-23-11-9-22(10-12-23)28-25-18-31(17-16-26(25)30-34-28)27(32)15-8-20-6-13-24(14-7-20)33-19-21-4-2-1-3-5-21/h1-15H,16-19H2/b15-8+. The molecule has 1 amide bonds. The Morgan fingerprint density at radius 1 is 1.03 bits per heavy atom. The molecule has 170 valence electrons. The Morgan fingerprint density at radius 3 is 2.56 bits per heavy atom. The van der Waals surface area contributed by atoms with E-state index in [1.807, 2.05) is 54.6 Å². The van der Waals surface area contributed by atoms with Crippen LogP contribution in [0.4, 0.5) is 4.39 Å². The van der Waals surface area contributed by atoms with Gasteiger partial charge in [-0.15, -0.1) is 0 Å². The summed E-state index contributed by atoms with van der Waals surface area (Å²) in [6.07, 6.45) is 4.00. The highest BCUT2D eigenvalue weighted by Gasteiger charge is 2.26. The molecule has 0 N–H and O–H groups in total. The molecular weight excluding hydrogens is 431 g/mol. The van der Waals surface area contributed by atoms with Crippen LogP contribution in [-0.2, 0) is 24.4 Å². The lowest BCUT2D eigenvalue weighted by atomic mass is 10.0. The van der Waals surface area contributed by atoms with Gasteiger partial charge in [0.1, 0.15) is 18.2 Å². The lowest BCUT2D eigenvalue weighted by molar-refractivity contribution is -0.126. The van der Waals surface area contributed by atoms with Crippen molar-refractivity contribution in [3.05, 3.63) is 113 Å². The highest BCUT2D eigenvalue weighted by atomic mass is 19.1. The summed E-state index contributed by atoms with van der Waals surface area (Å²) >= 11 is 0. The van der Waals surface area contributed by atoms with Gasteiger partial charge in [0, 0.05) is 30.2 Å². The van der Waals surface area contributed by atoms with Crippen molar-refractivity contribution in [3.63, 3.8) is 0 Å². The van der Waals surface area contributed by atoms with Crippen molar-refractivity contribution in [2.45, 2.75) is 19.6 Å². The number of nitrogens with zero attached hydrogens (tertiary/aromatic N) is 2. The molecule has 5 nitrogen and oxygen atoms in total. The topological polar surface area (TPSA) is 55.6 Å². The second kappa shape index (κ2) is 9.75. The molecule has 0 atom stereocenters. The second-order valence-corrected chi connectivity index (χ2v) is 8.13. The SMILES string of the molecule is O=C(/C=C/c1ccc(OCc2ccccc2)cc1)N1CCc2noc(-c3ccc(F)cc3)c2C1. The summed E-state index contributed by atoms with van der Waals surface area (Å²) in [5, 5.41) is 4.15. The highest BCUT2D eigenvalue weighted by Crippen LogP contribution is 2.30. The molecule has 5 rings (SSSR count). The maximum atomic E-state index is 13.3. The van der Waals surface area contributed by atoms with E-state index in [4.69, 9.17) is 9.26 Å². The first kappa shape index (κ1) is 21.6. The van der Waals surface area contributed by atoms with Crippen LogP contribution < -0.4 is 4.74 Å². The Bertz CT molecular complexity index is 1300. The number of halogens is 1. The Hall–Kier alpha value is -4.19. The minimum Gasteiger partial charge on any atom is -0.489 e. The number of ether oxygens (including phenoxy) is 1. The van der Waals surface area contributed by atoms with Crippen LogP contribution in [0, 0.1) is 5.82 Å². The summed E-state index contributed by atoms with van der Waals surface area (Å²) in [7, 11) is 0. The van der Waals surface area contributed by atoms with Gasteiger partial charge in [0.05, 0.1) is 12.2 Å². The molecule has 1 aromatic heterocycles. The first-order valence-corrected chi connectivity index (χ1v) is 11.1. The van der Waals surface area contributed by atoms with Crippen LogP contribution in [0.3, 0.4) is 0 Å². The fourth-order valence-corrected chi connectivity index (χ4v) is 3.92. The van der Waals surface area contributed by atoms with Gasteiger partial charge >= 0.3 is 0 Å². The molecule has 3 aromatic carbocycles. The van der Waals surface area contributed by atoms with Crippen LogP contribution in [0.15, 0.2) is 89.5 Å². The lowest BCUT2D eigenvalue weighted by Crippen LogP contribution is -2.34. The maximum absolute atomic E-state index is 13.3. The predicted octanol–water partition coefficient (Wildman–Crippen LogP) is 5.66. The van der Waals surface area contributed by atoms with E-state index in [-0.39, 0.29) is 11.7 Å². The van der Waals surface area contributed by atoms with Crippen molar-refractivity contribution < 1.29 is 18.4 Å². The fourth-order valence-electron chi connectivity index (χ4n) is 3.92. The molecule has 0 fully saturated rings. The number of hydrogen-bond donors (Lipinski definition) is 0. The van der Waals surface area contributed by atoms with E-state index in [1.165, 1.54) is 12.1 Å². The minimum atomic E-state index is -0.310. The molecule has 1 aliphatic rings. The number of carbonyl (C=O) groups is 1. The molecule has 4 aromatic rings. The number of rotatable bonds is 6. The highest BCUT2D eigenvalue weighted by molar-refractivity contribution is 5.92. The van der Waals surface area contributed by atoms with Crippen LogP contribution in [0.1, 0.15) is 22.4 Å². The monoisotopic (exact) mass is 454 g/mol. The number of aromatic nitrogens is 1. The summed E-state index contributed by atoms with van der Waals surface area (Å²) in [5.41, 5.74) is 4.49. The third kappa shape index (κ3) is 4.91. The van der Waals surface area contributed by atoms with Gasteiger partial charge in [-0.3, -0.25) is 4.79 Å². The van der Waals surface area contributed by atoms with Crippen LogP contribution in [-0.4, -0.2) is 22.5 Å². The molecule has 0 saturated carbocycles. The molecule has 0 aliphatic carbocycles. The summed E-state index contributed by atoms with van der Waals surface area (Å²) in [5.74, 6) is 0.968. The Morgan fingerprint density at radius 2 is 1.79 bits per heavy atom. The van der Waals surface area contributed by atoms with Crippen LogP contribution in [0.5, 0.6) is 5.75 Å². The number of carbonyl (C=O) groups excluding carboxylic acids is 1.